The summed E-state index contributed by atoms with van der Waals surface area (Å²) >= 11 is 0. The number of likely N-dealkylation sites (tertiary alicyclic amines) is 1. The van der Waals surface area contributed by atoms with E-state index in [1.54, 1.807) is 6.08 Å². The molecule has 2 heterocycles. The van der Waals surface area contributed by atoms with E-state index in [4.69, 9.17) is 5.14 Å². The molecular weight excluding hydrogens is 390 g/mol. The van der Waals surface area contributed by atoms with Crippen LogP contribution in [0, 0.1) is 5.92 Å². The first-order chi connectivity index (χ1) is 13.9. The summed E-state index contributed by atoms with van der Waals surface area (Å²) in [6.45, 7) is 1.91. The molecule has 9 heteroatoms. The standard InChI is InChI=1S/C20H27N5O3S/c21-29(27,28)16-10-25(11-16)5-4-20(23-24-20)9-13-6-15-8-14-2-1-3-17(14)19(22-12-26)18(15)7-13/h8,13,16,23-24H,1-7,9-11H2,(H2,21,27,28). The molecule has 0 radical (unpaired) electrons. The highest BCUT2D eigenvalue weighted by Gasteiger charge is 2.46. The average Bonchev–Trinajstić information content (AvgIpc) is 3.02. The van der Waals surface area contributed by atoms with Crippen LogP contribution in [0.4, 0.5) is 5.69 Å². The number of aryl methyl sites for hydroxylation is 1. The first kappa shape index (κ1) is 19.4. The third-order valence-corrected chi connectivity index (χ3v) is 8.31. The van der Waals surface area contributed by atoms with E-state index in [0.29, 0.717) is 19.0 Å². The molecule has 0 bridgehead atoms. The van der Waals surface area contributed by atoms with Gasteiger partial charge in [-0.05, 0) is 73.1 Å². The Morgan fingerprint density at radius 3 is 2.69 bits per heavy atom. The fourth-order valence-electron chi connectivity index (χ4n) is 5.41. The quantitative estimate of drug-likeness (QED) is 0.334. The number of hydrazine groups is 1. The summed E-state index contributed by atoms with van der Waals surface area (Å²) in [6.07, 6.45) is 8.90. The van der Waals surface area contributed by atoms with Crippen LogP contribution in [0.5, 0.6) is 0 Å². The Bertz CT molecular complexity index is 992. The molecule has 2 fully saturated rings. The first-order valence-corrected chi connectivity index (χ1v) is 12.0. The van der Waals surface area contributed by atoms with Gasteiger partial charge in [0.2, 0.25) is 16.1 Å². The molecule has 2 aliphatic heterocycles. The summed E-state index contributed by atoms with van der Waals surface area (Å²) in [5, 5.41) is 4.79. The number of carbonyl (C=O) groups excluding carboxylic acids is 1. The molecule has 0 aromatic heterocycles. The van der Waals surface area contributed by atoms with Crippen LogP contribution in [-0.4, -0.2) is 49.9 Å². The van der Waals surface area contributed by atoms with Gasteiger partial charge in [-0.1, -0.05) is 6.07 Å². The smallest absolute Gasteiger partial charge is 0.240 e. The van der Waals surface area contributed by atoms with Crippen LogP contribution in [0.2, 0.25) is 0 Å². The van der Waals surface area contributed by atoms with E-state index in [1.165, 1.54) is 22.3 Å². The molecule has 4 N–H and O–H groups in total. The zero-order valence-electron chi connectivity index (χ0n) is 16.4. The molecule has 1 atom stereocenters. The van der Waals surface area contributed by atoms with Crippen molar-refractivity contribution in [3.8, 4) is 0 Å². The average molecular weight is 418 g/mol. The highest BCUT2D eigenvalue weighted by atomic mass is 32.2. The molecule has 29 heavy (non-hydrogen) atoms. The van der Waals surface area contributed by atoms with Crippen LogP contribution in [0.3, 0.4) is 0 Å². The summed E-state index contributed by atoms with van der Waals surface area (Å²) in [4.78, 5) is 17.2. The Kier molecular flexibility index (Phi) is 4.66. The van der Waals surface area contributed by atoms with Crippen molar-refractivity contribution in [3.63, 3.8) is 0 Å². The topological polar surface area (TPSA) is 137 Å². The van der Waals surface area contributed by atoms with Gasteiger partial charge in [-0.25, -0.2) is 29.2 Å². The number of fused-ring (bicyclic) bond motifs is 2. The second kappa shape index (κ2) is 6.97. The van der Waals surface area contributed by atoms with Crippen LogP contribution < -0.4 is 16.0 Å². The van der Waals surface area contributed by atoms with Crippen molar-refractivity contribution in [2.24, 2.45) is 16.0 Å². The lowest BCUT2D eigenvalue weighted by Gasteiger charge is -2.38. The summed E-state index contributed by atoms with van der Waals surface area (Å²) in [7, 11) is -3.41. The van der Waals surface area contributed by atoms with Crippen LogP contribution in [0.1, 0.15) is 41.5 Å². The Morgan fingerprint density at radius 2 is 2.00 bits per heavy atom. The largest absolute Gasteiger partial charge is 0.300 e. The van der Waals surface area contributed by atoms with Crippen LogP contribution >= 0.6 is 0 Å². The molecule has 1 unspecified atom stereocenters. The van der Waals surface area contributed by atoms with Crippen LogP contribution in [0.25, 0.3) is 0 Å². The van der Waals surface area contributed by atoms with Gasteiger partial charge >= 0.3 is 0 Å². The maximum atomic E-state index is 11.4. The summed E-state index contributed by atoms with van der Waals surface area (Å²) in [5.41, 5.74) is 12.7. The van der Waals surface area contributed by atoms with E-state index in [1.807, 2.05) is 0 Å². The van der Waals surface area contributed by atoms with Crippen molar-refractivity contribution in [2.45, 2.75) is 55.9 Å². The lowest BCUT2D eigenvalue weighted by molar-refractivity contribution is 0.171. The van der Waals surface area contributed by atoms with E-state index in [-0.39, 0.29) is 5.66 Å². The number of nitrogens with two attached hydrogens (primary N) is 1. The molecular formula is C20H27N5O3S. The van der Waals surface area contributed by atoms with Gasteiger partial charge in [-0.15, -0.1) is 0 Å². The third kappa shape index (κ3) is 3.67. The number of rotatable bonds is 7. The number of primary sulfonamides is 1. The van der Waals surface area contributed by atoms with Crippen molar-refractivity contribution < 1.29 is 13.2 Å². The molecule has 0 amide bonds. The van der Waals surface area contributed by atoms with Crippen molar-refractivity contribution >= 4 is 21.8 Å². The fraction of sp³-hybridized carbons (Fsp3) is 0.650. The summed E-state index contributed by atoms with van der Waals surface area (Å²) < 4.78 is 22.7. The first-order valence-electron chi connectivity index (χ1n) is 10.4. The number of isocyanates is 1. The van der Waals surface area contributed by atoms with Crippen LogP contribution in [0.15, 0.2) is 11.1 Å². The Hall–Kier alpha value is -1.61. The van der Waals surface area contributed by atoms with Gasteiger partial charge < -0.3 is 4.90 Å². The minimum Gasteiger partial charge on any atom is -0.300 e. The molecule has 2 aliphatic carbocycles. The maximum absolute atomic E-state index is 11.4. The highest BCUT2D eigenvalue weighted by molar-refractivity contribution is 7.89. The normalized spacial score (nSPS) is 25.2. The van der Waals surface area contributed by atoms with Gasteiger partial charge in [0, 0.05) is 19.6 Å². The molecule has 156 valence electrons. The lowest BCUT2D eigenvalue weighted by atomic mass is 9.92. The predicted molar refractivity (Wildman–Crippen MR) is 109 cm³/mol. The molecule has 0 spiro atoms. The third-order valence-electron chi connectivity index (χ3n) is 7.09. The van der Waals surface area contributed by atoms with Gasteiger partial charge in [0.25, 0.3) is 0 Å². The maximum Gasteiger partial charge on any atom is 0.240 e. The van der Waals surface area contributed by atoms with Crippen molar-refractivity contribution in [1.29, 1.82) is 0 Å². The molecule has 4 aliphatic rings. The minimum absolute atomic E-state index is 0.0732. The highest BCUT2D eigenvalue weighted by Crippen LogP contribution is 2.44. The Labute approximate surface area is 171 Å². The van der Waals surface area contributed by atoms with Crippen LogP contribution in [-0.2, 0) is 40.5 Å². The SMILES string of the molecule is NS(=O)(=O)C1CN(CCC2(CC3Cc4cc5c(c(N=C=O)c4C3)CCC5)NN2)C1. The fourth-order valence-corrected chi connectivity index (χ4v) is 6.24. The Balaban J connectivity index is 1.21. The number of nitrogens with zero attached hydrogens (tertiary/aromatic N) is 2. The number of sulfonamides is 1. The molecule has 0 saturated carbocycles. The molecule has 8 nitrogen and oxygen atoms in total. The van der Waals surface area contributed by atoms with Gasteiger partial charge in [0.1, 0.15) is 5.25 Å². The van der Waals surface area contributed by atoms with E-state index in [2.05, 4.69) is 26.8 Å². The molecule has 5 rings (SSSR count). The lowest BCUT2D eigenvalue weighted by Crippen LogP contribution is -2.57. The van der Waals surface area contributed by atoms with Gasteiger partial charge in [-0.2, -0.15) is 4.99 Å². The van der Waals surface area contributed by atoms with E-state index in [0.717, 1.165) is 57.2 Å². The van der Waals surface area contributed by atoms with Gasteiger partial charge in [-0.3, -0.25) is 0 Å². The zero-order chi connectivity index (χ0) is 20.2. The predicted octanol–water partition coefficient (Wildman–Crippen LogP) is 0.414. The number of benzene rings is 1. The van der Waals surface area contributed by atoms with Gasteiger partial charge in [0.05, 0.1) is 11.4 Å². The second-order valence-electron chi connectivity index (χ2n) is 9.09. The number of aliphatic imine (C=N–C) groups is 1. The van der Waals surface area contributed by atoms with E-state index >= 15 is 0 Å². The Morgan fingerprint density at radius 1 is 1.21 bits per heavy atom. The number of nitrogens with one attached hydrogen (secondary N) is 2. The second-order valence-corrected chi connectivity index (χ2v) is 10.9. The van der Waals surface area contributed by atoms with E-state index < -0.39 is 15.3 Å². The summed E-state index contributed by atoms with van der Waals surface area (Å²) in [6, 6.07) is 2.34. The van der Waals surface area contributed by atoms with Crippen molar-refractivity contribution in [2.75, 3.05) is 19.6 Å². The molecule has 1 aromatic rings. The monoisotopic (exact) mass is 417 g/mol. The van der Waals surface area contributed by atoms with Crippen molar-refractivity contribution in [3.05, 3.63) is 28.3 Å². The zero-order valence-corrected chi connectivity index (χ0v) is 17.2. The van der Waals surface area contributed by atoms with Crippen molar-refractivity contribution in [1.82, 2.24) is 15.8 Å². The molecule has 2 saturated heterocycles. The summed E-state index contributed by atoms with van der Waals surface area (Å²) in [5.74, 6) is 0.504. The minimum atomic E-state index is -3.41. The molecule has 1 aromatic carbocycles. The number of hydrogen-bond donors (Lipinski definition) is 3. The van der Waals surface area contributed by atoms with E-state index in [9.17, 15) is 13.2 Å². The van der Waals surface area contributed by atoms with Gasteiger partial charge in [0.15, 0.2) is 0 Å². The number of hydrogen-bond acceptors (Lipinski definition) is 7.